The van der Waals surface area contributed by atoms with Gasteiger partial charge in [-0.15, -0.1) is 4.99 Å². The normalized spacial score (nSPS) is 15.3. The molecule has 2 aromatic rings. The summed E-state index contributed by atoms with van der Waals surface area (Å²) in [6.07, 6.45) is 1.62. The van der Waals surface area contributed by atoms with Crippen LogP contribution in [0.1, 0.15) is 5.69 Å². The largest absolute Gasteiger partial charge is 0.369 e. The summed E-state index contributed by atoms with van der Waals surface area (Å²) in [6, 6.07) is 4.05. The molecular weight excluding hydrogens is 425 g/mol. The van der Waals surface area contributed by atoms with Crippen LogP contribution >= 0.6 is 15.9 Å². The van der Waals surface area contributed by atoms with Crippen LogP contribution in [0.5, 0.6) is 0 Å². The number of guanidine groups is 1. The predicted octanol–water partition coefficient (Wildman–Crippen LogP) is 0.920. The average Bonchev–Trinajstić information content (AvgIpc) is 3.07. The first kappa shape index (κ1) is 18.5. The number of hydrogen-bond acceptors (Lipinski definition) is 8. The molecular formula is C14H13BrFN9O2. The molecule has 1 aromatic carbocycles. The Kier molecular flexibility index (Phi) is 5.48. The maximum Gasteiger partial charge on any atom is 0.209 e. The first-order chi connectivity index (χ1) is 13.0. The zero-order chi connectivity index (χ0) is 19.4. The molecule has 3 rings (SSSR count). The highest BCUT2D eigenvalue weighted by molar-refractivity contribution is 9.10. The molecule has 1 aliphatic heterocycles. The molecule has 1 aromatic heterocycles. The monoisotopic (exact) mass is 437 g/mol. The van der Waals surface area contributed by atoms with Crippen molar-refractivity contribution in [1.29, 1.82) is 5.26 Å². The third-order valence-corrected chi connectivity index (χ3v) is 4.28. The van der Waals surface area contributed by atoms with E-state index < -0.39 is 5.82 Å². The van der Waals surface area contributed by atoms with Crippen molar-refractivity contribution in [3.8, 4) is 6.19 Å². The van der Waals surface area contributed by atoms with Gasteiger partial charge in [-0.3, -0.25) is 10.7 Å². The van der Waals surface area contributed by atoms with Crippen LogP contribution in [0.25, 0.3) is 0 Å². The van der Waals surface area contributed by atoms with Gasteiger partial charge in [0.2, 0.25) is 18.0 Å². The Morgan fingerprint density at radius 2 is 2.26 bits per heavy atom. The number of anilines is 1. The van der Waals surface area contributed by atoms with Crippen molar-refractivity contribution in [2.24, 2.45) is 15.7 Å². The van der Waals surface area contributed by atoms with Crippen LogP contribution < -0.4 is 16.5 Å². The molecule has 0 atom stereocenters. The second-order valence-corrected chi connectivity index (χ2v) is 6.30. The van der Waals surface area contributed by atoms with E-state index in [9.17, 15) is 9.60 Å². The second kappa shape index (κ2) is 7.98. The summed E-state index contributed by atoms with van der Waals surface area (Å²) in [5, 5.41) is 28.5. The van der Waals surface area contributed by atoms with E-state index in [1.54, 1.807) is 11.1 Å². The van der Waals surface area contributed by atoms with Crippen LogP contribution in [-0.4, -0.2) is 51.3 Å². The smallest absolute Gasteiger partial charge is 0.209 e. The van der Waals surface area contributed by atoms with Crippen molar-refractivity contribution in [3.63, 3.8) is 0 Å². The van der Waals surface area contributed by atoms with Gasteiger partial charge in [0.25, 0.3) is 0 Å². The lowest BCUT2D eigenvalue weighted by Gasteiger charge is -2.39. The van der Waals surface area contributed by atoms with Crippen molar-refractivity contribution in [1.82, 2.24) is 20.7 Å². The van der Waals surface area contributed by atoms with Gasteiger partial charge in [0.15, 0.2) is 11.5 Å². The van der Waals surface area contributed by atoms with Crippen LogP contribution in [0, 0.1) is 17.3 Å². The quantitative estimate of drug-likeness (QED) is 0.235. The SMILES string of the molecule is N#CN=C(N)N1CC(Nc2nonc2C(=Nc2ccc(F)c(Br)c2)NO)C1. The zero-order valence-corrected chi connectivity index (χ0v) is 15.2. The summed E-state index contributed by atoms with van der Waals surface area (Å²) < 4.78 is 18.3. The van der Waals surface area contributed by atoms with E-state index in [0.717, 1.165) is 0 Å². The van der Waals surface area contributed by atoms with E-state index >= 15 is 0 Å². The third-order valence-electron chi connectivity index (χ3n) is 3.67. The molecule has 0 aliphatic carbocycles. The van der Waals surface area contributed by atoms with E-state index in [1.165, 1.54) is 18.2 Å². The minimum atomic E-state index is -0.438. The van der Waals surface area contributed by atoms with Crippen LogP contribution in [0.4, 0.5) is 15.9 Å². The van der Waals surface area contributed by atoms with E-state index in [4.69, 9.17) is 15.6 Å². The van der Waals surface area contributed by atoms with Crippen LogP contribution in [0.2, 0.25) is 0 Å². The summed E-state index contributed by atoms with van der Waals surface area (Å²) in [5.74, 6) is -0.0993. The standard InChI is InChI=1S/C14H13BrFN9O2/c15-9-3-7(1-2-10(9)16)20-12(22-26)11-13(24-27-23-11)21-8-4-25(5-8)14(18)19-6-17/h1-3,8,26H,4-5H2,(H2,18,19)(H,20,22)(H,21,24). The maximum absolute atomic E-state index is 13.3. The highest BCUT2D eigenvalue weighted by Gasteiger charge is 2.30. The van der Waals surface area contributed by atoms with Crippen LogP contribution in [-0.2, 0) is 0 Å². The van der Waals surface area contributed by atoms with Gasteiger partial charge >= 0.3 is 0 Å². The number of hydroxylamine groups is 1. The Bertz CT molecular complexity index is 933. The summed E-state index contributed by atoms with van der Waals surface area (Å²) in [6.45, 7) is 0.987. The van der Waals surface area contributed by atoms with Crippen molar-refractivity contribution in [3.05, 3.63) is 34.2 Å². The summed E-state index contributed by atoms with van der Waals surface area (Å²) >= 11 is 3.07. The molecule has 1 fully saturated rings. The Morgan fingerprint density at radius 1 is 1.48 bits per heavy atom. The molecule has 0 amide bonds. The number of aliphatic imine (C=N–C) groups is 2. The molecule has 27 heavy (non-hydrogen) atoms. The molecule has 0 bridgehead atoms. The number of likely N-dealkylation sites (tertiary alicyclic amines) is 1. The maximum atomic E-state index is 13.3. The summed E-state index contributed by atoms with van der Waals surface area (Å²) in [7, 11) is 0. The van der Waals surface area contributed by atoms with Crippen LogP contribution in [0.15, 0.2) is 37.3 Å². The molecule has 2 heterocycles. The van der Waals surface area contributed by atoms with Gasteiger partial charge in [-0.25, -0.2) is 14.0 Å². The topological polar surface area (TPSA) is 161 Å². The second-order valence-electron chi connectivity index (χ2n) is 5.45. The molecule has 13 heteroatoms. The molecule has 140 valence electrons. The number of rotatable bonds is 4. The number of nitriles is 1. The highest BCUT2D eigenvalue weighted by Crippen LogP contribution is 2.23. The number of benzene rings is 1. The number of nitrogens with two attached hydrogens (primary N) is 1. The summed E-state index contributed by atoms with van der Waals surface area (Å²) in [5.41, 5.74) is 8.05. The van der Waals surface area contributed by atoms with Crippen molar-refractivity contribution in [2.75, 3.05) is 18.4 Å². The number of hydrogen-bond donors (Lipinski definition) is 4. The van der Waals surface area contributed by atoms with E-state index in [0.29, 0.717) is 18.8 Å². The van der Waals surface area contributed by atoms with Crippen molar-refractivity contribution < 1.29 is 14.2 Å². The van der Waals surface area contributed by atoms with Crippen molar-refractivity contribution in [2.45, 2.75) is 6.04 Å². The Morgan fingerprint density at radius 3 is 2.93 bits per heavy atom. The third kappa shape index (κ3) is 4.13. The fourth-order valence-electron chi connectivity index (χ4n) is 2.33. The fraction of sp³-hybridized carbons (Fsp3) is 0.214. The highest BCUT2D eigenvalue weighted by atomic mass is 79.9. The molecule has 1 saturated heterocycles. The average molecular weight is 438 g/mol. The first-order valence-corrected chi connectivity index (χ1v) is 8.31. The number of nitrogens with one attached hydrogen (secondary N) is 2. The number of halogens is 2. The molecule has 0 spiro atoms. The van der Waals surface area contributed by atoms with Crippen molar-refractivity contribution >= 4 is 39.2 Å². The minimum absolute atomic E-state index is 0.0426. The van der Waals surface area contributed by atoms with E-state index in [2.05, 4.69) is 41.5 Å². The number of aromatic nitrogens is 2. The molecule has 1 aliphatic rings. The lowest BCUT2D eigenvalue weighted by Crippen LogP contribution is -2.59. The fourth-order valence-corrected chi connectivity index (χ4v) is 2.69. The minimum Gasteiger partial charge on any atom is -0.369 e. The number of nitrogens with zero attached hydrogens (tertiary/aromatic N) is 6. The van der Waals surface area contributed by atoms with Gasteiger partial charge in [0, 0.05) is 13.1 Å². The van der Waals surface area contributed by atoms with Gasteiger partial charge in [-0.05, 0) is 44.4 Å². The molecule has 11 nitrogen and oxygen atoms in total. The number of amidine groups is 1. The van der Waals surface area contributed by atoms with Gasteiger partial charge in [-0.1, -0.05) is 0 Å². The van der Waals surface area contributed by atoms with Gasteiger partial charge in [0.1, 0.15) is 5.82 Å². The lowest BCUT2D eigenvalue weighted by atomic mass is 10.1. The first-order valence-electron chi connectivity index (χ1n) is 7.52. The molecule has 0 saturated carbocycles. The molecule has 0 unspecified atom stereocenters. The predicted molar refractivity (Wildman–Crippen MR) is 95.7 cm³/mol. The van der Waals surface area contributed by atoms with Gasteiger partial charge in [0.05, 0.1) is 16.2 Å². The van der Waals surface area contributed by atoms with Gasteiger partial charge < -0.3 is 16.0 Å². The zero-order valence-electron chi connectivity index (χ0n) is 13.6. The Labute approximate surface area is 160 Å². The Hall–Kier alpha value is -3.24. The summed E-state index contributed by atoms with van der Waals surface area (Å²) in [4.78, 5) is 9.33. The van der Waals surface area contributed by atoms with E-state index in [1.807, 2.05) is 5.48 Å². The van der Waals surface area contributed by atoms with E-state index in [-0.39, 0.29) is 33.8 Å². The molecule has 0 radical (unpaired) electrons. The lowest BCUT2D eigenvalue weighted by molar-refractivity contribution is 0.234. The Balaban J connectivity index is 1.74. The van der Waals surface area contributed by atoms with Gasteiger partial charge in [-0.2, -0.15) is 5.26 Å². The van der Waals surface area contributed by atoms with Crippen LogP contribution in [0.3, 0.4) is 0 Å². The molecule has 5 N–H and O–H groups in total.